The molecular formula is C12H15FN2OS. The van der Waals surface area contributed by atoms with Crippen LogP contribution in [0.1, 0.15) is 29.6 Å². The van der Waals surface area contributed by atoms with E-state index >= 15 is 0 Å². The highest BCUT2D eigenvalue weighted by Crippen LogP contribution is 2.28. The highest BCUT2D eigenvalue weighted by atomic mass is 32.2. The predicted octanol–water partition coefficient (Wildman–Crippen LogP) is 2.23. The summed E-state index contributed by atoms with van der Waals surface area (Å²) < 4.78 is 12.6. The number of hydrogen-bond acceptors (Lipinski definition) is 3. The first kappa shape index (κ1) is 12.4. The maximum absolute atomic E-state index is 12.6. The molecule has 92 valence electrons. The third-order valence-corrected chi connectivity index (χ3v) is 4.14. The summed E-state index contributed by atoms with van der Waals surface area (Å²) in [5, 5.41) is 3.61. The van der Waals surface area contributed by atoms with E-state index in [4.69, 9.17) is 0 Å². The molecule has 1 aliphatic rings. The Bertz CT molecular complexity index is 396. The van der Waals surface area contributed by atoms with Gasteiger partial charge in [-0.05, 0) is 37.7 Å². The maximum Gasteiger partial charge on any atom is 0.253 e. The van der Waals surface area contributed by atoms with Crippen LogP contribution in [0, 0.1) is 5.95 Å². The quantitative estimate of drug-likeness (QED) is 0.841. The molecule has 17 heavy (non-hydrogen) atoms. The molecule has 1 saturated carbocycles. The van der Waals surface area contributed by atoms with E-state index in [-0.39, 0.29) is 11.9 Å². The van der Waals surface area contributed by atoms with E-state index in [9.17, 15) is 9.18 Å². The molecule has 1 aromatic rings. The van der Waals surface area contributed by atoms with Crippen molar-refractivity contribution in [2.45, 2.75) is 30.6 Å². The Kier molecular flexibility index (Phi) is 3.99. The molecule has 2 atom stereocenters. The summed E-state index contributed by atoms with van der Waals surface area (Å²) in [5.41, 5.74) is 0.416. The van der Waals surface area contributed by atoms with Gasteiger partial charge in [-0.25, -0.2) is 4.98 Å². The number of nitrogens with zero attached hydrogens (tertiary/aromatic N) is 1. The number of aromatic nitrogens is 1. The van der Waals surface area contributed by atoms with Crippen LogP contribution in [0.25, 0.3) is 0 Å². The zero-order valence-corrected chi connectivity index (χ0v) is 10.5. The Hall–Kier alpha value is -1.10. The largest absolute Gasteiger partial charge is 0.349 e. The molecule has 1 aliphatic carbocycles. The molecule has 0 radical (unpaired) electrons. The van der Waals surface area contributed by atoms with Crippen LogP contribution in [0.5, 0.6) is 0 Å². The number of halogens is 1. The van der Waals surface area contributed by atoms with Crippen LogP contribution in [0.2, 0.25) is 0 Å². The lowest BCUT2D eigenvalue weighted by Gasteiger charge is -2.12. The number of nitrogens with one attached hydrogen (secondary N) is 1. The van der Waals surface area contributed by atoms with Gasteiger partial charge in [0, 0.05) is 17.5 Å². The van der Waals surface area contributed by atoms with Crippen molar-refractivity contribution in [2.24, 2.45) is 0 Å². The van der Waals surface area contributed by atoms with E-state index in [1.165, 1.54) is 18.3 Å². The van der Waals surface area contributed by atoms with Crippen molar-refractivity contribution in [2.75, 3.05) is 6.26 Å². The predicted molar refractivity (Wildman–Crippen MR) is 66.6 cm³/mol. The highest BCUT2D eigenvalue weighted by Gasteiger charge is 2.25. The van der Waals surface area contributed by atoms with Crippen LogP contribution in [0.3, 0.4) is 0 Å². The molecule has 0 saturated heterocycles. The van der Waals surface area contributed by atoms with Crippen LogP contribution in [0.15, 0.2) is 18.3 Å². The smallest absolute Gasteiger partial charge is 0.253 e. The normalized spacial score (nSPS) is 23.6. The monoisotopic (exact) mass is 254 g/mol. The van der Waals surface area contributed by atoms with E-state index in [1.807, 2.05) is 11.8 Å². The number of thioether (sulfide) groups is 1. The molecule has 5 heteroatoms. The molecule has 1 heterocycles. The summed E-state index contributed by atoms with van der Waals surface area (Å²) in [5.74, 6) is -0.728. The maximum atomic E-state index is 12.6. The Labute approximate surface area is 104 Å². The lowest BCUT2D eigenvalue weighted by Crippen LogP contribution is -2.33. The van der Waals surface area contributed by atoms with Gasteiger partial charge in [0.25, 0.3) is 5.91 Å². The van der Waals surface area contributed by atoms with E-state index in [0.29, 0.717) is 10.8 Å². The minimum atomic E-state index is -0.565. The van der Waals surface area contributed by atoms with Gasteiger partial charge in [0.15, 0.2) is 0 Å². The number of pyridine rings is 1. The van der Waals surface area contributed by atoms with Gasteiger partial charge in [-0.2, -0.15) is 16.2 Å². The molecule has 1 amide bonds. The molecule has 1 aromatic heterocycles. The van der Waals surface area contributed by atoms with Crippen molar-refractivity contribution in [1.29, 1.82) is 0 Å². The average Bonchev–Trinajstić information content (AvgIpc) is 2.77. The topological polar surface area (TPSA) is 42.0 Å². The lowest BCUT2D eigenvalue weighted by molar-refractivity contribution is 0.0937. The fourth-order valence-corrected chi connectivity index (χ4v) is 2.86. The van der Waals surface area contributed by atoms with Gasteiger partial charge >= 0.3 is 0 Å². The second-order valence-electron chi connectivity index (χ2n) is 4.21. The van der Waals surface area contributed by atoms with E-state index in [1.54, 1.807) is 0 Å². The summed E-state index contributed by atoms with van der Waals surface area (Å²) in [6, 6.07) is 2.90. The standard InChI is InChI=1S/C12H15FN2OS/c1-17-10-4-3-9(6-10)15-12(16)8-2-5-11(13)14-7-8/h2,5,7,9-10H,3-4,6H2,1H3,(H,15,16). The fourth-order valence-electron chi connectivity index (χ4n) is 2.06. The minimum absolute atomic E-state index is 0.163. The summed E-state index contributed by atoms with van der Waals surface area (Å²) in [6.07, 6.45) is 6.55. The van der Waals surface area contributed by atoms with Gasteiger partial charge in [-0.1, -0.05) is 0 Å². The summed E-state index contributed by atoms with van der Waals surface area (Å²) in [4.78, 5) is 15.3. The van der Waals surface area contributed by atoms with Crippen LogP contribution >= 0.6 is 11.8 Å². The summed E-state index contributed by atoms with van der Waals surface area (Å²) in [6.45, 7) is 0. The molecule has 0 bridgehead atoms. The van der Waals surface area contributed by atoms with E-state index < -0.39 is 5.95 Å². The molecule has 2 rings (SSSR count). The highest BCUT2D eigenvalue weighted by molar-refractivity contribution is 7.99. The van der Waals surface area contributed by atoms with Crippen molar-refractivity contribution in [3.8, 4) is 0 Å². The first-order chi connectivity index (χ1) is 8.19. The number of carbonyl (C=O) groups is 1. The van der Waals surface area contributed by atoms with Crippen molar-refractivity contribution in [3.63, 3.8) is 0 Å². The second kappa shape index (κ2) is 5.49. The van der Waals surface area contributed by atoms with E-state index in [2.05, 4.69) is 16.6 Å². The van der Waals surface area contributed by atoms with Gasteiger partial charge in [0.2, 0.25) is 5.95 Å². The van der Waals surface area contributed by atoms with E-state index in [0.717, 1.165) is 19.3 Å². The SMILES string of the molecule is CSC1CCC(NC(=O)c2ccc(F)nc2)C1. The van der Waals surface area contributed by atoms with Gasteiger partial charge in [0.1, 0.15) is 0 Å². The molecule has 0 aromatic carbocycles. The molecular weight excluding hydrogens is 239 g/mol. The number of carbonyl (C=O) groups excluding carboxylic acids is 1. The molecule has 1 N–H and O–H groups in total. The number of amides is 1. The van der Waals surface area contributed by atoms with Crippen LogP contribution < -0.4 is 5.32 Å². The molecule has 0 aliphatic heterocycles. The Morgan fingerprint density at radius 3 is 2.94 bits per heavy atom. The van der Waals surface area contributed by atoms with Crippen LogP contribution in [-0.2, 0) is 0 Å². The van der Waals surface area contributed by atoms with Crippen molar-refractivity contribution >= 4 is 17.7 Å². The van der Waals surface area contributed by atoms with Crippen molar-refractivity contribution in [1.82, 2.24) is 10.3 Å². The third-order valence-electron chi connectivity index (χ3n) is 3.04. The van der Waals surface area contributed by atoms with Gasteiger partial charge in [0.05, 0.1) is 5.56 Å². The molecule has 2 unspecified atom stereocenters. The number of rotatable bonds is 3. The third kappa shape index (κ3) is 3.19. The first-order valence-electron chi connectivity index (χ1n) is 5.64. The molecule has 0 spiro atoms. The van der Waals surface area contributed by atoms with Crippen molar-refractivity contribution < 1.29 is 9.18 Å². The minimum Gasteiger partial charge on any atom is -0.349 e. The average molecular weight is 254 g/mol. The zero-order valence-electron chi connectivity index (χ0n) is 9.65. The van der Waals surface area contributed by atoms with Crippen molar-refractivity contribution in [3.05, 3.63) is 29.8 Å². The second-order valence-corrected chi connectivity index (χ2v) is 5.35. The van der Waals surface area contributed by atoms with Crippen LogP contribution in [-0.4, -0.2) is 28.4 Å². The molecule has 3 nitrogen and oxygen atoms in total. The van der Waals surface area contributed by atoms with Gasteiger partial charge in [-0.15, -0.1) is 0 Å². The van der Waals surface area contributed by atoms with Crippen LogP contribution in [0.4, 0.5) is 4.39 Å². The number of hydrogen-bond donors (Lipinski definition) is 1. The summed E-state index contributed by atoms with van der Waals surface area (Å²) >= 11 is 1.85. The Morgan fingerprint density at radius 2 is 2.35 bits per heavy atom. The zero-order chi connectivity index (χ0) is 12.3. The van der Waals surface area contributed by atoms with Gasteiger partial charge in [-0.3, -0.25) is 4.79 Å². The van der Waals surface area contributed by atoms with Gasteiger partial charge < -0.3 is 5.32 Å². The fraction of sp³-hybridized carbons (Fsp3) is 0.500. The lowest BCUT2D eigenvalue weighted by atomic mass is 10.2. The first-order valence-corrected chi connectivity index (χ1v) is 6.93. The Balaban J connectivity index is 1.91. The molecule has 1 fully saturated rings. The summed E-state index contributed by atoms with van der Waals surface area (Å²) in [7, 11) is 0. The Morgan fingerprint density at radius 1 is 1.53 bits per heavy atom.